The van der Waals surface area contributed by atoms with E-state index >= 15 is 0 Å². The van der Waals surface area contributed by atoms with Gasteiger partial charge in [-0.15, -0.1) is 0 Å². The second kappa shape index (κ2) is 7.60. The van der Waals surface area contributed by atoms with E-state index in [0.29, 0.717) is 39.0 Å². The number of carbonyl (C=O) groups is 2. The lowest BCUT2D eigenvalue weighted by molar-refractivity contribution is -0.138. The van der Waals surface area contributed by atoms with Crippen LogP contribution in [0.2, 0.25) is 0 Å². The Bertz CT molecular complexity index is 557. The van der Waals surface area contributed by atoms with E-state index in [-0.39, 0.29) is 17.7 Å². The molecule has 2 amide bonds. The van der Waals surface area contributed by atoms with Crippen molar-refractivity contribution < 1.29 is 9.59 Å². The van der Waals surface area contributed by atoms with Crippen LogP contribution in [0.4, 0.5) is 0 Å². The molecule has 2 rings (SSSR count). The summed E-state index contributed by atoms with van der Waals surface area (Å²) in [5, 5.41) is 9.00. The molecule has 116 valence electrons. The summed E-state index contributed by atoms with van der Waals surface area (Å²) >= 11 is 0. The third kappa shape index (κ3) is 4.08. The fraction of sp³-hybridized carbons (Fsp3) is 0.471. The van der Waals surface area contributed by atoms with Crippen molar-refractivity contribution >= 4 is 11.8 Å². The summed E-state index contributed by atoms with van der Waals surface area (Å²) in [5.41, 5.74) is 1.03. The maximum absolute atomic E-state index is 12.4. The van der Waals surface area contributed by atoms with Gasteiger partial charge in [0.25, 0.3) is 0 Å². The van der Waals surface area contributed by atoms with Crippen molar-refractivity contribution in [2.75, 3.05) is 26.2 Å². The largest absolute Gasteiger partial charge is 0.339 e. The molecular weight excluding hydrogens is 278 g/mol. The monoisotopic (exact) mass is 299 g/mol. The first-order valence-electron chi connectivity index (χ1n) is 7.57. The molecule has 0 aliphatic carbocycles. The molecule has 5 heteroatoms. The molecule has 22 heavy (non-hydrogen) atoms. The van der Waals surface area contributed by atoms with E-state index in [1.807, 2.05) is 30.3 Å². The Morgan fingerprint density at radius 3 is 2.27 bits per heavy atom. The lowest BCUT2D eigenvalue weighted by Crippen LogP contribution is -2.50. The van der Waals surface area contributed by atoms with Crippen molar-refractivity contribution in [3.8, 4) is 6.07 Å². The fourth-order valence-corrected chi connectivity index (χ4v) is 2.75. The van der Waals surface area contributed by atoms with Crippen LogP contribution in [0.25, 0.3) is 0 Å². The Morgan fingerprint density at radius 2 is 1.73 bits per heavy atom. The second-order valence-corrected chi connectivity index (χ2v) is 5.56. The lowest BCUT2D eigenvalue weighted by Gasteiger charge is -2.34. The van der Waals surface area contributed by atoms with Crippen molar-refractivity contribution in [3.05, 3.63) is 35.9 Å². The van der Waals surface area contributed by atoms with Gasteiger partial charge in [0, 0.05) is 51.9 Å². The fourth-order valence-electron chi connectivity index (χ4n) is 2.75. The average molecular weight is 299 g/mol. The third-order valence-corrected chi connectivity index (χ3v) is 4.11. The van der Waals surface area contributed by atoms with Gasteiger partial charge in [0.15, 0.2) is 0 Å². The Balaban J connectivity index is 1.95. The third-order valence-electron chi connectivity index (χ3n) is 4.11. The SMILES string of the molecule is CC(=O)N1CCN(C(=O)CC(CC#N)c2ccccc2)CC1. The molecule has 0 saturated carbocycles. The predicted octanol–water partition coefficient (Wildman–Crippen LogP) is 1.76. The summed E-state index contributed by atoms with van der Waals surface area (Å²) in [6.07, 6.45) is 0.681. The van der Waals surface area contributed by atoms with Crippen molar-refractivity contribution in [3.63, 3.8) is 0 Å². The standard InChI is InChI=1S/C17H21N3O2/c1-14(21)19-9-11-20(12-10-19)17(22)13-16(7-8-18)15-5-3-2-4-6-15/h2-6,16H,7,9-13H2,1H3. The van der Waals surface area contributed by atoms with Gasteiger partial charge in [-0.25, -0.2) is 0 Å². The zero-order chi connectivity index (χ0) is 15.9. The molecule has 0 radical (unpaired) electrons. The minimum Gasteiger partial charge on any atom is -0.339 e. The topological polar surface area (TPSA) is 64.4 Å². The van der Waals surface area contributed by atoms with Crippen LogP contribution in [-0.2, 0) is 9.59 Å². The maximum Gasteiger partial charge on any atom is 0.223 e. The van der Waals surface area contributed by atoms with Gasteiger partial charge in [0.05, 0.1) is 6.07 Å². The van der Waals surface area contributed by atoms with E-state index < -0.39 is 0 Å². The molecule has 1 aliphatic heterocycles. The Hall–Kier alpha value is -2.35. The Morgan fingerprint density at radius 1 is 1.14 bits per heavy atom. The van der Waals surface area contributed by atoms with Gasteiger partial charge in [-0.1, -0.05) is 30.3 Å². The molecule has 1 unspecified atom stereocenters. The average Bonchev–Trinajstić information content (AvgIpc) is 2.55. The van der Waals surface area contributed by atoms with Crippen LogP contribution in [0.1, 0.15) is 31.2 Å². The maximum atomic E-state index is 12.4. The first-order chi connectivity index (χ1) is 10.6. The van der Waals surface area contributed by atoms with Gasteiger partial charge >= 0.3 is 0 Å². The quantitative estimate of drug-likeness (QED) is 0.851. The van der Waals surface area contributed by atoms with Gasteiger partial charge in [0.1, 0.15) is 0 Å². The first kappa shape index (κ1) is 16.0. The highest BCUT2D eigenvalue weighted by Crippen LogP contribution is 2.24. The highest BCUT2D eigenvalue weighted by Gasteiger charge is 2.25. The lowest BCUT2D eigenvalue weighted by atomic mass is 9.92. The van der Waals surface area contributed by atoms with Crippen LogP contribution in [0.3, 0.4) is 0 Å². The minimum absolute atomic E-state index is 0.0544. The van der Waals surface area contributed by atoms with Gasteiger partial charge in [-0.05, 0) is 5.56 Å². The highest BCUT2D eigenvalue weighted by molar-refractivity contribution is 5.78. The number of hydrogen-bond acceptors (Lipinski definition) is 3. The van der Waals surface area contributed by atoms with E-state index in [1.54, 1.807) is 16.7 Å². The van der Waals surface area contributed by atoms with Gasteiger partial charge in [-0.3, -0.25) is 9.59 Å². The summed E-state index contributed by atoms with van der Waals surface area (Å²) in [6, 6.07) is 11.9. The zero-order valence-corrected chi connectivity index (χ0v) is 12.9. The van der Waals surface area contributed by atoms with E-state index in [0.717, 1.165) is 5.56 Å². The molecule has 0 aromatic heterocycles. The smallest absolute Gasteiger partial charge is 0.223 e. The number of amides is 2. The van der Waals surface area contributed by atoms with Crippen LogP contribution < -0.4 is 0 Å². The zero-order valence-electron chi connectivity index (χ0n) is 12.9. The van der Waals surface area contributed by atoms with Gasteiger partial charge in [-0.2, -0.15) is 5.26 Å². The predicted molar refractivity (Wildman–Crippen MR) is 82.9 cm³/mol. The van der Waals surface area contributed by atoms with E-state index in [9.17, 15) is 9.59 Å². The molecule has 5 nitrogen and oxygen atoms in total. The second-order valence-electron chi connectivity index (χ2n) is 5.56. The minimum atomic E-state index is -0.0652. The van der Waals surface area contributed by atoms with Crippen LogP contribution in [0.15, 0.2) is 30.3 Å². The van der Waals surface area contributed by atoms with E-state index in [4.69, 9.17) is 5.26 Å². The number of rotatable bonds is 4. The molecule has 1 saturated heterocycles. The van der Waals surface area contributed by atoms with Crippen molar-refractivity contribution in [1.82, 2.24) is 9.80 Å². The molecule has 1 heterocycles. The normalized spacial score (nSPS) is 16.0. The molecule has 0 spiro atoms. The molecule has 1 aliphatic rings. The molecule has 1 aromatic rings. The Kier molecular flexibility index (Phi) is 5.54. The van der Waals surface area contributed by atoms with Crippen LogP contribution in [-0.4, -0.2) is 47.8 Å². The number of hydrogen-bond donors (Lipinski definition) is 0. The summed E-state index contributed by atoms with van der Waals surface area (Å²) < 4.78 is 0. The molecule has 0 N–H and O–H groups in total. The first-order valence-corrected chi connectivity index (χ1v) is 7.57. The molecule has 1 atom stereocenters. The van der Waals surface area contributed by atoms with E-state index in [2.05, 4.69) is 6.07 Å². The number of nitriles is 1. The van der Waals surface area contributed by atoms with Crippen molar-refractivity contribution in [2.24, 2.45) is 0 Å². The molecular formula is C17H21N3O2. The molecule has 0 bridgehead atoms. The van der Waals surface area contributed by atoms with Crippen LogP contribution in [0.5, 0.6) is 0 Å². The van der Waals surface area contributed by atoms with E-state index in [1.165, 1.54) is 0 Å². The van der Waals surface area contributed by atoms with Gasteiger partial charge in [0.2, 0.25) is 11.8 Å². The number of nitrogens with zero attached hydrogens (tertiary/aromatic N) is 3. The van der Waals surface area contributed by atoms with Crippen molar-refractivity contribution in [1.29, 1.82) is 5.26 Å². The van der Waals surface area contributed by atoms with Crippen LogP contribution in [0, 0.1) is 11.3 Å². The van der Waals surface area contributed by atoms with Gasteiger partial charge < -0.3 is 9.80 Å². The number of benzene rings is 1. The summed E-state index contributed by atoms with van der Waals surface area (Å²) in [7, 11) is 0. The Labute approximate surface area is 131 Å². The van der Waals surface area contributed by atoms with Crippen LogP contribution >= 0.6 is 0 Å². The number of piperazine rings is 1. The number of carbonyl (C=O) groups excluding carboxylic acids is 2. The van der Waals surface area contributed by atoms with Crippen molar-refractivity contribution in [2.45, 2.75) is 25.7 Å². The molecule has 1 fully saturated rings. The summed E-state index contributed by atoms with van der Waals surface area (Å²) in [5.74, 6) is 0.0515. The summed E-state index contributed by atoms with van der Waals surface area (Å²) in [6.45, 7) is 3.89. The summed E-state index contributed by atoms with van der Waals surface area (Å²) in [4.78, 5) is 27.3. The highest BCUT2D eigenvalue weighted by atomic mass is 16.2. The molecule has 1 aromatic carbocycles.